The Bertz CT molecular complexity index is 1030. The Morgan fingerprint density at radius 3 is 2.42 bits per heavy atom. The van der Waals surface area contributed by atoms with Crippen molar-refractivity contribution in [3.05, 3.63) is 47.0 Å². The van der Waals surface area contributed by atoms with E-state index in [2.05, 4.69) is 0 Å². The van der Waals surface area contributed by atoms with Crippen molar-refractivity contribution < 1.29 is 49.7 Å². The molecule has 10 heteroatoms. The normalized spacial score (nSPS) is 27.0. The first kappa shape index (κ1) is 20.8. The number of fused-ring (bicyclic) bond motifs is 3. The predicted octanol–water partition coefficient (Wildman–Crippen LogP) is 0.730. The van der Waals surface area contributed by atoms with Crippen LogP contribution in [0.25, 0.3) is 0 Å². The molecule has 0 aromatic heterocycles. The molecule has 0 unspecified atom stereocenters. The lowest BCUT2D eigenvalue weighted by molar-refractivity contribution is -0.138. The van der Waals surface area contributed by atoms with Crippen LogP contribution < -0.4 is 0 Å². The fourth-order valence-electron chi connectivity index (χ4n) is 4.22. The van der Waals surface area contributed by atoms with Crippen LogP contribution in [0.4, 0.5) is 0 Å². The van der Waals surface area contributed by atoms with Crippen molar-refractivity contribution >= 4 is 11.9 Å². The number of rotatable bonds is 3. The van der Waals surface area contributed by atoms with Gasteiger partial charge in [-0.3, -0.25) is 0 Å². The van der Waals surface area contributed by atoms with E-state index in [1.54, 1.807) is 0 Å². The SMILES string of the molecule is O=C(O[C@@H]1[C@@H](O)[C@H](CO)C[C@@H]2c3c(cc(O)c(O)c3O)C(=O)O[C@@H]12)c1ccc(O)cc1. The summed E-state index contributed by atoms with van der Waals surface area (Å²) in [7, 11) is 0. The average molecular weight is 432 g/mol. The van der Waals surface area contributed by atoms with Crippen LogP contribution in [-0.4, -0.2) is 67.5 Å². The number of hydrogen-bond acceptors (Lipinski definition) is 10. The lowest BCUT2D eigenvalue weighted by Crippen LogP contribution is -2.56. The van der Waals surface area contributed by atoms with Crippen molar-refractivity contribution in [3.8, 4) is 23.0 Å². The summed E-state index contributed by atoms with van der Waals surface area (Å²) in [6.45, 7) is -0.480. The molecule has 1 fully saturated rings. The van der Waals surface area contributed by atoms with Crippen LogP contribution in [0.15, 0.2) is 30.3 Å². The predicted molar refractivity (Wildman–Crippen MR) is 102 cm³/mol. The number of carbonyl (C=O) groups is 2. The minimum Gasteiger partial charge on any atom is -0.508 e. The van der Waals surface area contributed by atoms with Crippen molar-refractivity contribution in [2.75, 3.05) is 6.61 Å². The quantitative estimate of drug-likeness (QED) is 0.300. The van der Waals surface area contributed by atoms with Crippen LogP contribution in [0, 0.1) is 5.92 Å². The van der Waals surface area contributed by atoms with E-state index < -0.39 is 65.9 Å². The first-order valence-corrected chi connectivity index (χ1v) is 9.50. The third-order valence-electron chi connectivity index (χ3n) is 5.80. The van der Waals surface area contributed by atoms with Crippen molar-refractivity contribution in [1.82, 2.24) is 0 Å². The topological polar surface area (TPSA) is 174 Å². The van der Waals surface area contributed by atoms with E-state index in [4.69, 9.17) is 9.47 Å². The third kappa shape index (κ3) is 3.39. The maximum Gasteiger partial charge on any atom is 0.339 e. The number of benzene rings is 2. The number of aliphatic hydroxyl groups excluding tert-OH is 2. The molecule has 1 saturated carbocycles. The van der Waals surface area contributed by atoms with Crippen LogP contribution in [-0.2, 0) is 9.47 Å². The van der Waals surface area contributed by atoms with Crippen molar-refractivity contribution in [3.63, 3.8) is 0 Å². The van der Waals surface area contributed by atoms with Gasteiger partial charge in [0.25, 0.3) is 0 Å². The maximum atomic E-state index is 12.6. The van der Waals surface area contributed by atoms with Crippen molar-refractivity contribution in [2.45, 2.75) is 30.7 Å². The summed E-state index contributed by atoms with van der Waals surface area (Å²) in [6, 6.07) is 6.12. The molecule has 31 heavy (non-hydrogen) atoms. The lowest BCUT2D eigenvalue weighted by atomic mass is 9.70. The standard InChI is InChI=1S/C21H20O10/c22-7-9-5-11-14-12(6-13(24)16(26)17(14)27)21(29)30-18(11)19(15(9)25)31-20(28)8-1-3-10(23)4-2-8/h1-4,6,9,11,15,18-19,22-27H,5,7H2/t9-,11+,15-,18+,19+/m0/s1. The van der Waals surface area contributed by atoms with Gasteiger partial charge in [-0.2, -0.15) is 0 Å². The molecule has 164 valence electrons. The number of aromatic hydroxyl groups is 4. The molecule has 4 rings (SSSR count). The molecule has 2 aromatic rings. The van der Waals surface area contributed by atoms with Gasteiger partial charge >= 0.3 is 11.9 Å². The largest absolute Gasteiger partial charge is 0.508 e. The molecule has 0 saturated heterocycles. The third-order valence-corrected chi connectivity index (χ3v) is 5.80. The number of hydrogen-bond donors (Lipinski definition) is 6. The Labute approximate surface area is 175 Å². The second kappa shape index (κ2) is 7.64. The van der Waals surface area contributed by atoms with Gasteiger partial charge in [0.2, 0.25) is 5.75 Å². The summed E-state index contributed by atoms with van der Waals surface area (Å²) in [5, 5.41) is 59.9. The molecule has 2 aromatic carbocycles. The van der Waals surface area contributed by atoms with Crippen molar-refractivity contribution in [2.24, 2.45) is 5.92 Å². The summed E-state index contributed by atoms with van der Waals surface area (Å²) in [5.74, 6) is -5.75. The zero-order valence-corrected chi connectivity index (χ0v) is 16.0. The van der Waals surface area contributed by atoms with Gasteiger partial charge in [-0.1, -0.05) is 0 Å². The van der Waals surface area contributed by atoms with Crippen LogP contribution in [0.2, 0.25) is 0 Å². The number of ether oxygens (including phenoxy) is 2. The van der Waals surface area contributed by atoms with Gasteiger partial charge in [-0.15, -0.1) is 0 Å². The van der Waals surface area contributed by atoms with Crippen LogP contribution in [0.1, 0.15) is 38.6 Å². The van der Waals surface area contributed by atoms with E-state index >= 15 is 0 Å². The maximum absolute atomic E-state index is 12.6. The fourth-order valence-corrected chi connectivity index (χ4v) is 4.22. The van der Waals surface area contributed by atoms with E-state index in [1.165, 1.54) is 24.3 Å². The number of phenolic OH excluding ortho intramolecular Hbond substituents is 4. The molecule has 6 N–H and O–H groups in total. The smallest absolute Gasteiger partial charge is 0.339 e. The van der Waals surface area contributed by atoms with E-state index in [1.807, 2.05) is 0 Å². The number of esters is 2. The highest BCUT2D eigenvalue weighted by Crippen LogP contribution is 2.51. The van der Waals surface area contributed by atoms with E-state index in [9.17, 15) is 40.2 Å². The molecule has 1 aliphatic carbocycles. The monoisotopic (exact) mass is 432 g/mol. The Hall–Kier alpha value is -3.50. The summed E-state index contributed by atoms with van der Waals surface area (Å²) < 4.78 is 10.8. The van der Waals surface area contributed by atoms with Gasteiger partial charge < -0.3 is 40.1 Å². The number of carbonyl (C=O) groups excluding carboxylic acids is 2. The first-order chi connectivity index (χ1) is 14.7. The van der Waals surface area contributed by atoms with Gasteiger partial charge in [0.1, 0.15) is 11.9 Å². The minimum absolute atomic E-state index is 0.0208. The first-order valence-electron chi connectivity index (χ1n) is 9.50. The van der Waals surface area contributed by atoms with Gasteiger partial charge in [0.05, 0.1) is 17.2 Å². The highest BCUT2D eigenvalue weighted by molar-refractivity contribution is 5.95. The molecular formula is C21H20O10. The summed E-state index contributed by atoms with van der Waals surface area (Å²) in [6.07, 6.45) is -3.93. The molecular weight excluding hydrogens is 412 g/mol. The second-order valence-electron chi connectivity index (χ2n) is 7.62. The van der Waals surface area contributed by atoms with Crippen molar-refractivity contribution in [1.29, 1.82) is 0 Å². The summed E-state index contributed by atoms with van der Waals surface area (Å²) in [5.41, 5.74) is -0.126. The average Bonchev–Trinajstić information content (AvgIpc) is 2.75. The molecule has 0 spiro atoms. The zero-order valence-electron chi connectivity index (χ0n) is 16.0. The lowest BCUT2D eigenvalue weighted by Gasteiger charge is -2.45. The molecule has 1 aliphatic heterocycles. The number of phenols is 4. The Morgan fingerprint density at radius 1 is 1.10 bits per heavy atom. The Balaban J connectivity index is 1.73. The van der Waals surface area contributed by atoms with Gasteiger partial charge in [-0.05, 0) is 36.8 Å². The van der Waals surface area contributed by atoms with Gasteiger partial charge in [0.15, 0.2) is 17.6 Å². The molecule has 0 radical (unpaired) electrons. The fraction of sp³-hybridized carbons (Fsp3) is 0.333. The van der Waals surface area contributed by atoms with E-state index in [-0.39, 0.29) is 28.9 Å². The highest BCUT2D eigenvalue weighted by atomic mass is 16.6. The molecule has 1 heterocycles. The molecule has 10 nitrogen and oxygen atoms in total. The summed E-state index contributed by atoms with van der Waals surface area (Å²) in [4.78, 5) is 25.1. The van der Waals surface area contributed by atoms with Gasteiger partial charge in [0, 0.05) is 24.0 Å². The van der Waals surface area contributed by atoms with E-state index in [0.29, 0.717) is 0 Å². The molecule has 2 aliphatic rings. The van der Waals surface area contributed by atoms with Crippen LogP contribution >= 0.6 is 0 Å². The van der Waals surface area contributed by atoms with E-state index in [0.717, 1.165) is 6.07 Å². The Kier molecular flexibility index (Phi) is 5.11. The highest BCUT2D eigenvalue weighted by Gasteiger charge is 2.53. The van der Waals surface area contributed by atoms with Gasteiger partial charge in [-0.25, -0.2) is 9.59 Å². The molecule has 0 amide bonds. The molecule has 5 atom stereocenters. The second-order valence-corrected chi connectivity index (χ2v) is 7.62. The Morgan fingerprint density at radius 2 is 1.77 bits per heavy atom. The summed E-state index contributed by atoms with van der Waals surface area (Å²) >= 11 is 0. The van der Waals surface area contributed by atoms with Crippen LogP contribution in [0.5, 0.6) is 23.0 Å². The minimum atomic E-state index is -1.38. The zero-order chi connectivity index (χ0) is 22.4. The van der Waals surface area contributed by atoms with Crippen LogP contribution in [0.3, 0.4) is 0 Å². The number of aliphatic hydroxyl groups is 2. The molecule has 0 bridgehead atoms.